The summed E-state index contributed by atoms with van der Waals surface area (Å²) in [5.74, 6) is -0.466. The molecule has 1 aromatic rings. The van der Waals surface area contributed by atoms with Crippen molar-refractivity contribution in [3.05, 3.63) is 34.9 Å². The van der Waals surface area contributed by atoms with E-state index in [0.29, 0.717) is 11.1 Å². The van der Waals surface area contributed by atoms with E-state index in [1.807, 2.05) is 0 Å². The predicted molar refractivity (Wildman–Crippen MR) is 67.3 cm³/mol. The fourth-order valence-electron chi connectivity index (χ4n) is 1.50. The first-order chi connectivity index (χ1) is 8.01. The van der Waals surface area contributed by atoms with Crippen LogP contribution in [-0.2, 0) is 4.74 Å². The van der Waals surface area contributed by atoms with Crippen molar-refractivity contribution in [1.29, 1.82) is 0 Å². The number of carbonyl (C=O) groups is 1. The molecule has 5 heteroatoms. The maximum atomic E-state index is 11.4. The second-order valence-electron chi connectivity index (χ2n) is 3.73. The zero-order valence-corrected chi connectivity index (χ0v) is 11.3. The normalized spacial score (nSPS) is 14.2. The summed E-state index contributed by atoms with van der Waals surface area (Å²) >= 11 is 3.10. The Balaban J connectivity index is 3.10. The topological polar surface area (TPSA) is 66.8 Å². The Bertz CT molecular complexity index is 405. The summed E-state index contributed by atoms with van der Waals surface area (Å²) in [6.45, 7) is 1.81. The number of methoxy groups -OCH3 is 1. The Labute approximate surface area is 108 Å². The predicted octanol–water partition coefficient (Wildman–Crippen LogP) is 1.57. The fourth-order valence-corrected chi connectivity index (χ4v) is 1.85. The van der Waals surface area contributed by atoms with Gasteiger partial charge >= 0.3 is 5.97 Å². The molecule has 2 unspecified atom stereocenters. The number of aliphatic hydroxyl groups is 2. The van der Waals surface area contributed by atoms with Gasteiger partial charge in [0, 0.05) is 5.33 Å². The molecule has 0 amide bonds. The molecular formula is C12H15BrO4. The quantitative estimate of drug-likeness (QED) is 0.654. The van der Waals surface area contributed by atoms with E-state index in [1.54, 1.807) is 19.1 Å². The van der Waals surface area contributed by atoms with Crippen LogP contribution in [0.5, 0.6) is 0 Å². The number of aryl methyl sites for hydroxylation is 1. The maximum Gasteiger partial charge on any atom is 0.337 e. The molecule has 0 saturated heterocycles. The van der Waals surface area contributed by atoms with E-state index in [9.17, 15) is 15.0 Å². The molecule has 0 aliphatic heterocycles. The van der Waals surface area contributed by atoms with Gasteiger partial charge in [0.05, 0.1) is 18.8 Å². The van der Waals surface area contributed by atoms with Crippen molar-refractivity contribution in [2.24, 2.45) is 0 Å². The highest BCUT2D eigenvalue weighted by Crippen LogP contribution is 2.23. The van der Waals surface area contributed by atoms with Crippen LogP contribution < -0.4 is 0 Å². The van der Waals surface area contributed by atoms with Gasteiger partial charge in [0.25, 0.3) is 0 Å². The molecule has 2 N–H and O–H groups in total. The molecule has 0 spiro atoms. The minimum Gasteiger partial charge on any atom is -0.465 e. The van der Waals surface area contributed by atoms with Crippen molar-refractivity contribution in [3.63, 3.8) is 0 Å². The summed E-state index contributed by atoms with van der Waals surface area (Å²) in [7, 11) is 1.30. The summed E-state index contributed by atoms with van der Waals surface area (Å²) in [4.78, 5) is 11.4. The van der Waals surface area contributed by atoms with E-state index in [1.165, 1.54) is 13.2 Å². The number of benzene rings is 1. The SMILES string of the molecule is COC(=O)c1ccc(C)c(C(O)C(O)CBr)c1. The number of rotatable bonds is 4. The van der Waals surface area contributed by atoms with Gasteiger partial charge in [0.15, 0.2) is 0 Å². The van der Waals surface area contributed by atoms with Crippen LogP contribution in [0.25, 0.3) is 0 Å². The Hall–Kier alpha value is -0.910. The van der Waals surface area contributed by atoms with Crippen LogP contribution in [-0.4, -0.2) is 34.7 Å². The van der Waals surface area contributed by atoms with Crippen LogP contribution >= 0.6 is 15.9 Å². The van der Waals surface area contributed by atoms with Crippen LogP contribution in [0.3, 0.4) is 0 Å². The van der Waals surface area contributed by atoms with Crippen LogP contribution in [0, 0.1) is 6.92 Å². The highest BCUT2D eigenvalue weighted by atomic mass is 79.9. The van der Waals surface area contributed by atoms with Crippen LogP contribution in [0.4, 0.5) is 0 Å². The molecule has 0 fully saturated rings. The highest BCUT2D eigenvalue weighted by molar-refractivity contribution is 9.09. The maximum absolute atomic E-state index is 11.4. The lowest BCUT2D eigenvalue weighted by Gasteiger charge is -2.18. The monoisotopic (exact) mass is 302 g/mol. The zero-order chi connectivity index (χ0) is 13.0. The standard InChI is InChI=1S/C12H15BrO4/c1-7-3-4-8(12(16)17-2)5-9(7)11(15)10(14)6-13/h3-5,10-11,14-15H,6H2,1-2H3. The minimum atomic E-state index is -1.03. The molecule has 4 nitrogen and oxygen atoms in total. The van der Waals surface area contributed by atoms with Gasteiger partial charge in [0.2, 0.25) is 0 Å². The van der Waals surface area contributed by atoms with E-state index < -0.39 is 18.2 Å². The summed E-state index contributed by atoms with van der Waals surface area (Å²) in [6.07, 6.45) is -1.94. The van der Waals surface area contributed by atoms with Gasteiger partial charge in [-0.15, -0.1) is 0 Å². The van der Waals surface area contributed by atoms with Gasteiger partial charge in [-0.2, -0.15) is 0 Å². The molecular weight excluding hydrogens is 288 g/mol. The molecule has 0 aromatic heterocycles. The first-order valence-corrected chi connectivity index (χ1v) is 6.24. The number of halogens is 1. The van der Waals surface area contributed by atoms with Crippen molar-refractivity contribution in [3.8, 4) is 0 Å². The third kappa shape index (κ3) is 3.28. The van der Waals surface area contributed by atoms with E-state index in [-0.39, 0.29) is 5.33 Å². The lowest BCUT2D eigenvalue weighted by atomic mass is 9.98. The lowest BCUT2D eigenvalue weighted by Crippen LogP contribution is -2.20. The molecule has 0 aliphatic carbocycles. The molecule has 0 heterocycles. The van der Waals surface area contributed by atoms with Crippen molar-refractivity contribution in [2.45, 2.75) is 19.1 Å². The highest BCUT2D eigenvalue weighted by Gasteiger charge is 2.20. The lowest BCUT2D eigenvalue weighted by molar-refractivity contribution is 0.0337. The first-order valence-electron chi connectivity index (χ1n) is 5.12. The number of aliphatic hydroxyl groups excluding tert-OH is 2. The molecule has 0 radical (unpaired) electrons. The molecule has 1 aromatic carbocycles. The molecule has 2 atom stereocenters. The molecule has 0 aliphatic rings. The third-order valence-electron chi connectivity index (χ3n) is 2.54. The summed E-state index contributed by atoms with van der Waals surface area (Å²) < 4.78 is 4.61. The third-order valence-corrected chi connectivity index (χ3v) is 3.20. The van der Waals surface area contributed by atoms with Crippen molar-refractivity contribution in [1.82, 2.24) is 0 Å². The molecule has 17 heavy (non-hydrogen) atoms. The average Bonchev–Trinajstić information content (AvgIpc) is 2.36. The van der Waals surface area contributed by atoms with Gasteiger partial charge in [-0.3, -0.25) is 0 Å². The van der Waals surface area contributed by atoms with Gasteiger partial charge in [-0.1, -0.05) is 22.0 Å². The van der Waals surface area contributed by atoms with Crippen molar-refractivity contribution >= 4 is 21.9 Å². The zero-order valence-electron chi connectivity index (χ0n) is 9.68. The number of alkyl halides is 1. The summed E-state index contributed by atoms with van der Waals surface area (Å²) in [5.41, 5.74) is 1.69. The summed E-state index contributed by atoms with van der Waals surface area (Å²) in [6, 6.07) is 4.88. The van der Waals surface area contributed by atoms with Crippen LogP contribution in [0.2, 0.25) is 0 Å². The largest absolute Gasteiger partial charge is 0.465 e. The number of esters is 1. The second-order valence-corrected chi connectivity index (χ2v) is 4.38. The average molecular weight is 303 g/mol. The molecule has 94 valence electrons. The van der Waals surface area contributed by atoms with Crippen molar-refractivity contribution < 1.29 is 19.7 Å². The molecule has 0 bridgehead atoms. The number of ether oxygens (including phenoxy) is 1. The fraction of sp³-hybridized carbons (Fsp3) is 0.417. The van der Waals surface area contributed by atoms with Gasteiger partial charge in [-0.05, 0) is 30.2 Å². The Morgan fingerprint density at radius 1 is 1.47 bits per heavy atom. The van der Waals surface area contributed by atoms with Crippen LogP contribution in [0.15, 0.2) is 18.2 Å². The number of carbonyl (C=O) groups excluding carboxylic acids is 1. The van der Waals surface area contributed by atoms with Crippen molar-refractivity contribution in [2.75, 3.05) is 12.4 Å². The summed E-state index contributed by atoms with van der Waals surface area (Å²) in [5, 5.41) is 19.8. The van der Waals surface area contributed by atoms with E-state index >= 15 is 0 Å². The van der Waals surface area contributed by atoms with E-state index in [2.05, 4.69) is 20.7 Å². The van der Waals surface area contributed by atoms with Gasteiger partial charge in [0.1, 0.15) is 6.10 Å². The first kappa shape index (κ1) is 14.2. The number of hydrogen-bond donors (Lipinski definition) is 2. The Kier molecular flexibility index (Phi) is 5.11. The Morgan fingerprint density at radius 3 is 2.65 bits per heavy atom. The molecule has 0 saturated carbocycles. The minimum absolute atomic E-state index is 0.260. The number of hydrogen-bond acceptors (Lipinski definition) is 4. The molecule has 1 rings (SSSR count). The van der Waals surface area contributed by atoms with E-state index in [4.69, 9.17) is 0 Å². The van der Waals surface area contributed by atoms with Gasteiger partial charge in [-0.25, -0.2) is 4.79 Å². The van der Waals surface area contributed by atoms with E-state index in [0.717, 1.165) is 5.56 Å². The second kappa shape index (κ2) is 6.14. The van der Waals surface area contributed by atoms with Crippen LogP contribution in [0.1, 0.15) is 27.6 Å². The Morgan fingerprint density at radius 2 is 2.12 bits per heavy atom. The van der Waals surface area contributed by atoms with Gasteiger partial charge < -0.3 is 14.9 Å². The smallest absolute Gasteiger partial charge is 0.337 e.